The molecule has 1 atom stereocenters. The molecule has 1 N–H and O–H groups in total. The van der Waals surface area contributed by atoms with Gasteiger partial charge in [0.05, 0.1) is 19.8 Å². The number of carbonyl (C=O) groups excluding carboxylic acids is 1. The standard InChI is InChI=1S/C32H36N4O4/c1-25(27-10-4-2-5-11-27)36(22-26-9-8-14-29(21-26)40-28-12-6-3-7-13-28)23-31-34-30(24-39-31)32(37)33-15-16-35-17-19-38-20-18-35/h2-14,21,24-25H,15-20,22-23H2,1H3,(H,33,37). The van der Waals surface area contributed by atoms with E-state index in [1.54, 1.807) is 0 Å². The molecule has 1 fully saturated rings. The van der Waals surface area contributed by atoms with Gasteiger partial charge in [0.2, 0.25) is 5.89 Å². The van der Waals surface area contributed by atoms with Gasteiger partial charge in [0.15, 0.2) is 5.69 Å². The van der Waals surface area contributed by atoms with Gasteiger partial charge in [-0.3, -0.25) is 14.6 Å². The minimum atomic E-state index is -0.225. The Kier molecular flexibility index (Phi) is 9.58. The number of para-hydroxylation sites is 1. The molecule has 0 spiro atoms. The molecule has 1 saturated heterocycles. The predicted octanol–water partition coefficient (Wildman–Crippen LogP) is 5.29. The zero-order valence-electron chi connectivity index (χ0n) is 22.9. The molecule has 1 aliphatic rings. The number of nitrogens with one attached hydrogen (secondary N) is 1. The Labute approximate surface area is 235 Å². The first kappa shape index (κ1) is 27.6. The van der Waals surface area contributed by atoms with E-state index in [1.165, 1.54) is 11.8 Å². The zero-order valence-corrected chi connectivity index (χ0v) is 22.9. The molecule has 40 heavy (non-hydrogen) atoms. The van der Waals surface area contributed by atoms with Crippen molar-refractivity contribution in [2.24, 2.45) is 0 Å². The summed E-state index contributed by atoms with van der Waals surface area (Å²) in [5.74, 6) is 1.85. The number of carbonyl (C=O) groups is 1. The Morgan fingerprint density at radius 1 is 0.975 bits per heavy atom. The largest absolute Gasteiger partial charge is 0.457 e. The third kappa shape index (κ3) is 7.79. The molecule has 8 nitrogen and oxygen atoms in total. The van der Waals surface area contributed by atoms with E-state index in [2.05, 4.69) is 51.3 Å². The molecule has 0 aliphatic carbocycles. The van der Waals surface area contributed by atoms with Crippen LogP contribution in [0.1, 0.15) is 40.5 Å². The lowest BCUT2D eigenvalue weighted by atomic mass is 10.1. The molecule has 8 heteroatoms. The summed E-state index contributed by atoms with van der Waals surface area (Å²) >= 11 is 0. The van der Waals surface area contributed by atoms with Crippen LogP contribution < -0.4 is 10.1 Å². The Morgan fingerprint density at radius 2 is 1.70 bits per heavy atom. The van der Waals surface area contributed by atoms with Crippen LogP contribution in [0.15, 0.2) is 95.6 Å². The highest BCUT2D eigenvalue weighted by Gasteiger charge is 2.21. The topological polar surface area (TPSA) is 80.1 Å². The second-order valence-corrected chi connectivity index (χ2v) is 9.89. The van der Waals surface area contributed by atoms with Crippen molar-refractivity contribution in [2.45, 2.75) is 26.1 Å². The molecule has 0 saturated carbocycles. The summed E-state index contributed by atoms with van der Waals surface area (Å²) in [6, 6.07) is 28.3. The van der Waals surface area contributed by atoms with E-state index in [-0.39, 0.29) is 11.9 Å². The average Bonchev–Trinajstić information content (AvgIpc) is 3.47. The van der Waals surface area contributed by atoms with Gasteiger partial charge in [-0.2, -0.15) is 0 Å². The highest BCUT2D eigenvalue weighted by atomic mass is 16.5. The highest BCUT2D eigenvalue weighted by molar-refractivity contribution is 5.91. The lowest BCUT2D eigenvalue weighted by Crippen LogP contribution is -2.41. The van der Waals surface area contributed by atoms with Crippen LogP contribution in [0.25, 0.3) is 0 Å². The maximum absolute atomic E-state index is 12.7. The minimum absolute atomic E-state index is 0.0811. The van der Waals surface area contributed by atoms with Gasteiger partial charge in [0.1, 0.15) is 17.8 Å². The fraction of sp³-hybridized carbons (Fsp3) is 0.312. The number of ether oxygens (including phenoxy) is 2. The maximum Gasteiger partial charge on any atom is 0.273 e. The monoisotopic (exact) mass is 540 g/mol. The SMILES string of the molecule is CC(c1ccccc1)N(Cc1cccc(Oc2ccccc2)c1)Cc1nc(C(=O)NCCN2CCOCC2)co1. The van der Waals surface area contributed by atoms with Crippen LogP contribution in [0.5, 0.6) is 11.5 Å². The summed E-state index contributed by atoms with van der Waals surface area (Å²) in [6.45, 7) is 7.86. The second-order valence-electron chi connectivity index (χ2n) is 9.89. The van der Waals surface area contributed by atoms with E-state index < -0.39 is 0 Å². The van der Waals surface area contributed by atoms with Crippen molar-refractivity contribution in [1.29, 1.82) is 0 Å². The summed E-state index contributed by atoms with van der Waals surface area (Å²) in [5.41, 5.74) is 2.58. The molecule has 1 unspecified atom stereocenters. The molecule has 0 bridgehead atoms. The number of oxazole rings is 1. The lowest BCUT2D eigenvalue weighted by molar-refractivity contribution is 0.0383. The molecule has 2 heterocycles. The van der Waals surface area contributed by atoms with Crippen LogP contribution in [0.2, 0.25) is 0 Å². The molecule has 4 aromatic rings. The predicted molar refractivity (Wildman–Crippen MR) is 153 cm³/mol. The number of aromatic nitrogens is 1. The van der Waals surface area contributed by atoms with E-state index in [0.29, 0.717) is 31.2 Å². The van der Waals surface area contributed by atoms with Crippen LogP contribution >= 0.6 is 0 Å². The molecular weight excluding hydrogens is 504 g/mol. The first-order valence-corrected chi connectivity index (χ1v) is 13.8. The third-order valence-corrected chi connectivity index (χ3v) is 7.03. The Balaban J connectivity index is 1.25. The summed E-state index contributed by atoms with van der Waals surface area (Å²) in [5, 5.41) is 2.96. The van der Waals surface area contributed by atoms with Crippen molar-refractivity contribution < 1.29 is 18.7 Å². The van der Waals surface area contributed by atoms with Crippen LogP contribution in [-0.2, 0) is 17.8 Å². The van der Waals surface area contributed by atoms with Gasteiger partial charge in [-0.15, -0.1) is 0 Å². The van der Waals surface area contributed by atoms with Crippen LogP contribution in [-0.4, -0.2) is 60.1 Å². The van der Waals surface area contributed by atoms with Crippen molar-refractivity contribution in [2.75, 3.05) is 39.4 Å². The van der Waals surface area contributed by atoms with Crippen LogP contribution in [0, 0.1) is 0 Å². The van der Waals surface area contributed by atoms with Gasteiger partial charge in [-0.25, -0.2) is 4.98 Å². The average molecular weight is 541 g/mol. The maximum atomic E-state index is 12.7. The van der Waals surface area contributed by atoms with Gasteiger partial charge in [-0.1, -0.05) is 60.7 Å². The molecule has 208 valence electrons. The van der Waals surface area contributed by atoms with Gasteiger partial charge in [-0.05, 0) is 42.3 Å². The quantitative estimate of drug-likeness (QED) is 0.261. The number of nitrogens with zero attached hydrogens (tertiary/aromatic N) is 3. The van der Waals surface area contributed by atoms with Crippen molar-refractivity contribution in [3.8, 4) is 11.5 Å². The fourth-order valence-electron chi connectivity index (χ4n) is 4.74. The molecule has 0 radical (unpaired) electrons. The zero-order chi connectivity index (χ0) is 27.6. The summed E-state index contributed by atoms with van der Waals surface area (Å²) in [6.07, 6.45) is 1.44. The second kappa shape index (κ2) is 13.9. The minimum Gasteiger partial charge on any atom is -0.457 e. The lowest BCUT2D eigenvalue weighted by Gasteiger charge is -2.28. The first-order chi connectivity index (χ1) is 19.6. The number of hydrogen-bond donors (Lipinski definition) is 1. The van der Waals surface area contributed by atoms with E-state index in [9.17, 15) is 4.79 Å². The molecule has 5 rings (SSSR count). The smallest absolute Gasteiger partial charge is 0.273 e. The van der Waals surface area contributed by atoms with Crippen LogP contribution in [0.4, 0.5) is 0 Å². The number of hydrogen-bond acceptors (Lipinski definition) is 7. The molecule has 1 aliphatic heterocycles. The van der Waals surface area contributed by atoms with E-state index >= 15 is 0 Å². The van der Waals surface area contributed by atoms with Crippen molar-refractivity contribution >= 4 is 5.91 Å². The van der Waals surface area contributed by atoms with E-state index in [4.69, 9.17) is 13.9 Å². The third-order valence-electron chi connectivity index (χ3n) is 7.03. The van der Waals surface area contributed by atoms with Gasteiger partial charge >= 0.3 is 0 Å². The molecule has 3 aromatic carbocycles. The Bertz CT molecular complexity index is 1340. The first-order valence-electron chi connectivity index (χ1n) is 13.8. The Morgan fingerprint density at radius 3 is 2.48 bits per heavy atom. The Hall–Kier alpha value is -3.98. The highest BCUT2D eigenvalue weighted by Crippen LogP contribution is 2.27. The molecule has 1 amide bonds. The van der Waals surface area contributed by atoms with Gasteiger partial charge < -0.3 is 19.2 Å². The molecular formula is C32H36N4O4. The van der Waals surface area contributed by atoms with E-state index in [0.717, 1.165) is 49.9 Å². The molecule has 1 aromatic heterocycles. The normalized spacial score (nSPS) is 14.7. The number of morpholine rings is 1. The van der Waals surface area contributed by atoms with E-state index in [1.807, 2.05) is 60.7 Å². The van der Waals surface area contributed by atoms with Crippen molar-refractivity contribution in [3.05, 3.63) is 114 Å². The fourth-order valence-corrected chi connectivity index (χ4v) is 4.74. The number of rotatable bonds is 12. The van der Waals surface area contributed by atoms with Gasteiger partial charge in [0.25, 0.3) is 5.91 Å². The van der Waals surface area contributed by atoms with Crippen molar-refractivity contribution in [3.63, 3.8) is 0 Å². The van der Waals surface area contributed by atoms with Crippen LogP contribution in [0.3, 0.4) is 0 Å². The summed E-state index contributed by atoms with van der Waals surface area (Å²) in [7, 11) is 0. The number of amides is 1. The summed E-state index contributed by atoms with van der Waals surface area (Å²) in [4.78, 5) is 21.8. The summed E-state index contributed by atoms with van der Waals surface area (Å²) < 4.78 is 17.2. The number of benzene rings is 3. The van der Waals surface area contributed by atoms with Gasteiger partial charge in [0, 0.05) is 38.8 Å². The van der Waals surface area contributed by atoms with Crippen molar-refractivity contribution in [1.82, 2.24) is 20.1 Å².